The van der Waals surface area contributed by atoms with Gasteiger partial charge >= 0.3 is 0 Å². The number of amides is 1. The van der Waals surface area contributed by atoms with Gasteiger partial charge in [-0.25, -0.2) is 4.98 Å². The zero-order valence-corrected chi connectivity index (χ0v) is 14.3. The number of benzene rings is 1. The number of hydrogen-bond acceptors (Lipinski definition) is 3. The Hall–Kier alpha value is -1.68. The van der Waals surface area contributed by atoms with E-state index in [0.29, 0.717) is 11.8 Å². The first-order valence-electron chi connectivity index (χ1n) is 8.51. The van der Waals surface area contributed by atoms with E-state index in [1.165, 1.54) is 12.0 Å². The summed E-state index contributed by atoms with van der Waals surface area (Å²) in [5, 5.41) is 3.21. The molecule has 3 nitrogen and oxygen atoms in total. The maximum atomic E-state index is 13.0. The van der Waals surface area contributed by atoms with Gasteiger partial charge in [-0.3, -0.25) is 4.79 Å². The zero-order valence-electron chi connectivity index (χ0n) is 13.4. The largest absolute Gasteiger partial charge is 0.333 e. The Morgan fingerprint density at radius 3 is 2.83 bits per heavy atom. The summed E-state index contributed by atoms with van der Waals surface area (Å²) >= 11 is 1.70. The fourth-order valence-electron chi connectivity index (χ4n) is 3.73. The van der Waals surface area contributed by atoms with Crippen LogP contribution in [0.4, 0.5) is 0 Å². The molecule has 3 atom stereocenters. The van der Waals surface area contributed by atoms with Crippen molar-refractivity contribution in [2.24, 2.45) is 5.92 Å². The van der Waals surface area contributed by atoms with Crippen LogP contribution in [-0.2, 0) is 4.79 Å². The first kappa shape index (κ1) is 14.9. The lowest BCUT2D eigenvalue weighted by Gasteiger charge is -2.35. The van der Waals surface area contributed by atoms with Gasteiger partial charge in [-0.05, 0) is 44.1 Å². The number of rotatable bonds is 3. The molecule has 0 unspecified atom stereocenters. The molecule has 1 aliphatic carbocycles. The van der Waals surface area contributed by atoms with Gasteiger partial charge < -0.3 is 4.90 Å². The Balaban J connectivity index is 1.51. The number of carbonyl (C=O) groups excluding carboxylic acids is 1. The van der Waals surface area contributed by atoms with Crippen LogP contribution in [0.3, 0.4) is 0 Å². The van der Waals surface area contributed by atoms with Crippen molar-refractivity contribution < 1.29 is 4.79 Å². The third kappa shape index (κ3) is 2.92. The molecule has 1 aromatic heterocycles. The van der Waals surface area contributed by atoms with Gasteiger partial charge in [-0.15, -0.1) is 11.3 Å². The van der Waals surface area contributed by atoms with E-state index in [1.54, 1.807) is 11.3 Å². The quantitative estimate of drug-likeness (QED) is 0.842. The molecule has 0 radical (unpaired) electrons. The lowest BCUT2D eigenvalue weighted by Crippen LogP contribution is -2.39. The number of likely N-dealkylation sites (tertiary alicyclic amines) is 1. The van der Waals surface area contributed by atoms with Crippen LogP contribution in [0.5, 0.6) is 0 Å². The van der Waals surface area contributed by atoms with Crippen LogP contribution in [-0.4, -0.2) is 22.3 Å². The molecule has 120 valence electrons. The minimum Gasteiger partial charge on any atom is -0.333 e. The highest BCUT2D eigenvalue weighted by Crippen LogP contribution is 2.50. The summed E-state index contributed by atoms with van der Waals surface area (Å²) in [5.74, 6) is 0.944. The summed E-state index contributed by atoms with van der Waals surface area (Å²) in [6.45, 7) is 2.92. The molecule has 2 fully saturated rings. The van der Waals surface area contributed by atoms with Gasteiger partial charge in [-0.2, -0.15) is 0 Å². The molecule has 1 aliphatic heterocycles. The topological polar surface area (TPSA) is 33.2 Å². The lowest BCUT2D eigenvalue weighted by molar-refractivity contribution is -0.136. The smallest absolute Gasteiger partial charge is 0.226 e. The van der Waals surface area contributed by atoms with Crippen molar-refractivity contribution in [1.82, 2.24) is 9.88 Å². The maximum Gasteiger partial charge on any atom is 0.226 e. The number of nitrogens with zero attached hydrogens (tertiary/aromatic N) is 2. The van der Waals surface area contributed by atoms with Crippen molar-refractivity contribution in [3.8, 4) is 0 Å². The van der Waals surface area contributed by atoms with E-state index in [2.05, 4.69) is 39.5 Å². The fourth-order valence-corrected chi connectivity index (χ4v) is 4.67. The van der Waals surface area contributed by atoms with E-state index < -0.39 is 0 Å². The molecule has 2 aliphatic rings. The second-order valence-electron chi connectivity index (χ2n) is 6.73. The van der Waals surface area contributed by atoms with Crippen molar-refractivity contribution in [3.63, 3.8) is 0 Å². The van der Waals surface area contributed by atoms with Gasteiger partial charge in [0.25, 0.3) is 0 Å². The number of aryl methyl sites for hydroxylation is 1. The van der Waals surface area contributed by atoms with Crippen molar-refractivity contribution >= 4 is 17.2 Å². The van der Waals surface area contributed by atoms with Crippen LogP contribution < -0.4 is 0 Å². The maximum absolute atomic E-state index is 13.0. The number of thiazole rings is 1. The number of piperidine rings is 1. The highest BCUT2D eigenvalue weighted by atomic mass is 32.1. The van der Waals surface area contributed by atoms with E-state index in [9.17, 15) is 4.79 Å². The summed E-state index contributed by atoms with van der Waals surface area (Å²) in [5.41, 5.74) is 2.38. The summed E-state index contributed by atoms with van der Waals surface area (Å²) in [6, 6.07) is 10.7. The molecule has 4 heteroatoms. The molecule has 0 spiro atoms. The van der Waals surface area contributed by atoms with E-state index >= 15 is 0 Å². The van der Waals surface area contributed by atoms with Crippen LogP contribution >= 0.6 is 11.3 Å². The molecule has 0 N–H and O–H groups in total. The van der Waals surface area contributed by atoms with E-state index in [4.69, 9.17) is 0 Å². The monoisotopic (exact) mass is 326 g/mol. The molecule has 1 aromatic carbocycles. The Labute approximate surface area is 141 Å². The van der Waals surface area contributed by atoms with E-state index in [1.807, 2.05) is 13.0 Å². The summed E-state index contributed by atoms with van der Waals surface area (Å²) in [7, 11) is 0. The first-order chi connectivity index (χ1) is 11.2. The van der Waals surface area contributed by atoms with Gasteiger partial charge in [0.15, 0.2) is 0 Å². The molecule has 2 aromatic rings. The Kier molecular flexibility index (Phi) is 3.93. The zero-order chi connectivity index (χ0) is 15.8. The summed E-state index contributed by atoms with van der Waals surface area (Å²) in [6.07, 6.45) is 4.37. The van der Waals surface area contributed by atoms with Gasteiger partial charge in [0.05, 0.1) is 6.04 Å². The third-order valence-corrected chi connectivity index (χ3v) is 6.11. The molecule has 1 saturated heterocycles. The average Bonchev–Trinajstić information content (AvgIpc) is 3.29. The van der Waals surface area contributed by atoms with E-state index in [0.717, 1.165) is 36.5 Å². The Morgan fingerprint density at radius 2 is 2.09 bits per heavy atom. The predicted octanol–water partition coefficient (Wildman–Crippen LogP) is 4.31. The Morgan fingerprint density at radius 1 is 1.26 bits per heavy atom. The second kappa shape index (κ2) is 6.08. The Bertz CT molecular complexity index is 696. The SMILES string of the molecule is Cc1csc([C@@H]2CCCCN2C(=O)[C@H]2C[C@H]2c2ccccc2)n1. The minimum absolute atomic E-state index is 0.180. The van der Waals surface area contributed by atoms with Crippen LogP contribution in [0.1, 0.15) is 53.9 Å². The van der Waals surface area contributed by atoms with Gasteiger partial charge in [-0.1, -0.05) is 30.3 Å². The second-order valence-corrected chi connectivity index (χ2v) is 7.62. The molecule has 23 heavy (non-hydrogen) atoms. The normalized spacial score (nSPS) is 27.0. The van der Waals surface area contributed by atoms with Crippen molar-refractivity contribution in [2.45, 2.75) is 44.6 Å². The molecular formula is C19H22N2OS. The van der Waals surface area contributed by atoms with Gasteiger partial charge in [0.2, 0.25) is 5.91 Å². The average molecular weight is 326 g/mol. The number of aromatic nitrogens is 1. The summed E-state index contributed by atoms with van der Waals surface area (Å²) in [4.78, 5) is 19.8. The highest BCUT2D eigenvalue weighted by Gasteiger charge is 2.47. The van der Waals surface area contributed by atoms with Crippen LogP contribution in [0, 0.1) is 12.8 Å². The van der Waals surface area contributed by atoms with E-state index in [-0.39, 0.29) is 12.0 Å². The van der Waals surface area contributed by atoms with Crippen molar-refractivity contribution in [2.75, 3.05) is 6.54 Å². The van der Waals surface area contributed by atoms with Gasteiger partial charge in [0, 0.05) is 23.5 Å². The first-order valence-corrected chi connectivity index (χ1v) is 9.39. The van der Waals surface area contributed by atoms with Crippen LogP contribution in [0.25, 0.3) is 0 Å². The number of hydrogen-bond donors (Lipinski definition) is 0. The molecular weight excluding hydrogens is 304 g/mol. The molecule has 4 rings (SSSR count). The highest BCUT2D eigenvalue weighted by molar-refractivity contribution is 7.09. The summed E-state index contributed by atoms with van der Waals surface area (Å²) < 4.78 is 0. The molecule has 1 saturated carbocycles. The standard InChI is InChI=1S/C19H22N2OS/c1-13-12-23-18(20-13)17-9-5-6-10-21(17)19(22)16-11-15(16)14-7-3-2-4-8-14/h2-4,7-8,12,15-17H,5-6,9-11H2,1H3/t15-,16-,17-/m0/s1. The fraction of sp³-hybridized carbons (Fsp3) is 0.474. The third-order valence-electron chi connectivity index (χ3n) is 5.04. The van der Waals surface area contributed by atoms with Crippen molar-refractivity contribution in [1.29, 1.82) is 0 Å². The molecule has 0 bridgehead atoms. The van der Waals surface area contributed by atoms with Crippen molar-refractivity contribution in [3.05, 3.63) is 52.0 Å². The van der Waals surface area contributed by atoms with Crippen LogP contribution in [0.15, 0.2) is 35.7 Å². The van der Waals surface area contributed by atoms with Crippen LogP contribution in [0.2, 0.25) is 0 Å². The predicted molar refractivity (Wildman–Crippen MR) is 92.4 cm³/mol. The lowest BCUT2D eigenvalue weighted by atomic mass is 10.0. The minimum atomic E-state index is 0.180. The molecule has 1 amide bonds. The number of carbonyl (C=O) groups is 1. The molecule has 2 heterocycles. The van der Waals surface area contributed by atoms with Gasteiger partial charge in [0.1, 0.15) is 5.01 Å².